The van der Waals surface area contributed by atoms with Crippen molar-refractivity contribution in [3.05, 3.63) is 34.7 Å². The third kappa shape index (κ3) is 1.29. The van der Waals surface area contributed by atoms with E-state index in [9.17, 15) is 4.79 Å². The number of imidazole rings is 1. The average Bonchev–Trinajstić information content (AvgIpc) is 2.89. The Kier molecular flexibility index (Phi) is 1.94. The van der Waals surface area contributed by atoms with E-state index in [1.807, 2.05) is 24.4 Å². The molecule has 1 aliphatic rings. The quantitative estimate of drug-likeness (QED) is 0.740. The summed E-state index contributed by atoms with van der Waals surface area (Å²) in [4.78, 5) is 18.8. The van der Waals surface area contributed by atoms with E-state index >= 15 is 0 Å². The molecule has 1 amide bonds. The van der Waals surface area contributed by atoms with Crippen molar-refractivity contribution in [2.45, 2.75) is 6.92 Å². The third-order valence-electron chi connectivity index (χ3n) is 2.58. The van der Waals surface area contributed by atoms with Crippen molar-refractivity contribution in [3.8, 4) is 0 Å². The lowest BCUT2D eigenvalue weighted by atomic mass is 10.1. The molecule has 0 aliphatic carbocycles. The Bertz CT molecular complexity index is 594. The Balaban J connectivity index is 2.11. The third-order valence-corrected chi connectivity index (χ3v) is 3.41. The maximum absolute atomic E-state index is 11.7. The number of aromatic nitrogens is 2. The monoisotopic (exact) mass is 231 g/mol. The summed E-state index contributed by atoms with van der Waals surface area (Å²) >= 11 is 1.54. The highest BCUT2D eigenvalue weighted by atomic mass is 32.1. The maximum Gasteiger partial charge on any atom is 0.257 e. The number of carbonyl (C=O) groups is 1. The van der Waals surface area contributed by atoms with E-state index in [2.05, 4.69) is 15.3 Å². The first-order valence-electron chi connectivity index (χ1n) is 4.86. The second-order valence-electron chi connectivity index (χ2n) is 3.58. The maximum atomic E-state index is 11.7. The van der Waals surface area contributed by atoms with Gasteiger partial charge in [0.05, 0.1) is 23.3 Å². The van der Waals surface area contributed by atoms with Crippen LogP contribution in [0.4, 0.5) is 5.00 Å². The van der Waals surface area contributed by atoms with Crippen LogP contribution in [-0.2, 0) is 4.79 Å². The van der Waals surface area contributed by atoms with Crippen LogP contribution < -0.4 is 5.32 Å². The minimum Gasteiger partial charge on any atom is -0.345 e. The summed E-state index contributed by atoms with van der Waals surface area (Å²) in [6.07, 6.45) is 3.47. The predicted molar refractivity (Wildman–Crippen MR) is 64.1 cm³/mol. The lowest BCUT2D eigenvalue weighted by molar-refractivity contribution is -0.110. The first-order chi connectivity index (χ1) is 7.75. The molecular formula is C11H9N3OS. The zero-order chi connectivity index (χ0) is 11.1. The summed E-state index contributed by atoms with van der Waals surface area (Å²) in [6, 6.07) is 1.95. The number of carbonyl (C=O) groups excluding carboxylic acids is 1. The van der Waals surface area contributed by atoms with Gasteiger partial charge in [-0.1, -0.05) is 0 Å². The van der Waals surface area contributed by atoms with Gasteiger partial charge in [0.1, 0.15) is 5.00 Å². The first-order valence-corrected chi connectivity index (χ1v) is 5.74. The molecule has 0 saturated heterocycles. The molecule has 2 aromatic rings. The minimum absolute atomic E-state index is 0.0455. The molecule has 80 valence electrons. The summed E-state index contributed by atoms with van der Waals surface area (Å²) in [5, 5.41) is 5.73. The minimum atomic E-state index is -0.0455. The van der Waals surface area contributed by atoms with Crippen molar-refractivity contribution in [1.82, 2.24) is 9.97 Å². The molecule has 4 nitrogen and oxygen atoms in total. The largest absolute Gasteiger partial charge is 0.345 e. The molecule has 0 fully saturated rings. The van der Waals surface area contributed by atoms with Gasteiger partial charge >= 0.3 is 0 Å². The number of H-pyrrole nitrogens is 1. The Morgan fingerprint density at radius 3 is 3.12 bits per heavy atom. The first kappa shape index (κ1) is 9.35. The second kappa shape index (κ2) is 3.31. The van der Waals surface area contributed by atoms with Crippen molar-refractivity contribution in [2.24, 2.45) is 0 Å². The molecule has 1 aliphatic heterocycles. The smallest absolute Gasteiger partial charge is 0.257 e. The standard InChI is InChI=1S/C11H9N3OS/c1-6-9(13-5-12-6)4-8-7-2-3-16-11(7)14-10(8)15/h2-5H,1H3,(H,12,13)(H,14,15)/b8-4-. The summed E-state index contributed by atoms with van der Waals surface area (Å²) < 4.78 is 0. The zero-order valence-corrected chi connectivity index (χ0v) is 9.39. The second-order valence-corrected chi connectivity index (χ2v) is 4.49. The fourth-order valence-corrected chi connectivity index (χ4v) is 2.51. The molecule has 0 radical (unpaired) electrons. The molecule has 0 atom stereocenters. The number of aromatic amines is 1. The molecule has 0 bridgehead atoms. The van der Waals surface area contributed by atoms with E-state index in [0.29, 0.717) is 5.57 Å². The normalized spacial score (nSPS) is 16.6. The number of nitrogens with zero attached hydrogens (tertiary/aromatic N) is 1. The van der Waals surface area contributed by atoms with Crippen LogP contribution in [0.5, 0.6) is 0 Å². The average molecular weight is 231 g/mol. The summed E-state index contributed by atoms with van der Waals surface area (Å²) in [7, 11) is 0. The predicted octanol–water partition coefficient (Wildman–Crippen LogP) is 2.27. The van der Waals surface area contributed by atoms with Crippen LogP contribution in [0.3, 0.4) is 0 Å². The summed E-state index contributed by atoms with van der Waals surface area (Å²) in [6.45, 7) is 1.91. The van der Waals surface area contributed by atoms with E-state index in [-0.39, 0.29) is 5.91 Å². The number of hydrogen-bond donors (Lipinski definition) is 2. The van der Waals surface area contributed by atoms with E-state index < -0.39 is 0 Å². The van der Waals surface area contributed by atoms with Crippen molar-refractivity contribution < 1.29 is 4.79 Å². The van der Waals surface area contributed by atoms with Gasteiger partial charge in [-0.2, -0.15) is 0 Å². The Hall–Kier alpha value is -1.88. The molecule has 5 heteroatoms. The Morgan fingerprint density at radius 1 is 1.50 bits per heavy atom. The number of fused-ring (bicyclic) bond motifs is 1. The topological polar surface area (TPSA) is 57.8 Å². The molecule has 3 rings (SSSR count). The van der Waals surface area contributed by atoms with Gasteiger partial charge < -0.3 is 10.3 Å². The van der Waals surface area contributed by atoms with Gasteiger partial charge in [0, 0.05) is 5.56 Å². The van der Waals surface area contributed by atoms with Crippen LogP contribution in [0.15, 0.2) is 17.8 Å². The number of amides is 1. The van der Waals surface area contributed by atoms with Crippen molar-refractivity contribution in [3.63, 3.8) is 0 Å². The van der Waals surface area contributed by atoms with Crippen LogP contribution >= 0.6 is 11.3 Å². The Morgan fingerprint density at radius 2 is 2.38 bits per heavy atom. The van der Waals surface area contributed by atoms with Gasteiger partial charge in [0.15, 0.2) is 0 Å². The van der Waals surface area contributed by atoms with Gasteiger partial charge in [0.2, 0.25) is 0 Å². The molecule has 0 saturated carbocycles. The Labute approximate surface area is 96.0 Å². The highest BCUT2D eigenvalue weighted by Gasteiger charge is 2.25. The summed E-state index contributed by atoms with van der Waals surface area (Å²) in [5.41, 5.74) is 3.45. The molecule has 2 N–H and O–H groups in total. The molecular weight excluding hydrogens is 222 g/mol. The van der Waals surface area contributed by atoms with Gasteiger partial charge in [-0.05, 0) is 24.4 Å². The van der Waals surface area contributed by atoms with Crippen molar-refractivity contribution in [2.75, 3.05) is 5.32 Å². The molecule has 2 aromatic heterocycles. The molecule has 16 heavy (non-hydrogen) atoms. The van der Waals surface area contributed by atoms with Gasteiger partial charge in [0.25, 0.3) is 5.91 Å². The number of rotatable bonds is 1. The van der Waals surface area contributed by atoms with Crippen molar-refractivity contribution in [1.29, 1.82) is 0 Å². The molecule has 0 aromatic carbocycles. The van der Waals surface area contributed by atoms with E-state index in [0.717, 1.165) is 22.0 Å². The lowest BCUT2D eigenvalue weighted by Gasteiger charge is -1.94. The number of thiophene rings is 1. The summed E-state index contributed by atoms with van der Waals surface area (Å²) in [5.74, 6) is -0.0455. The van der Waals surface area contributed by atoms with Gasteiger partial charge in [-0.25, -0.2) is 4.98 Å². The fraction of sp³-hybridized carbons (Fsp3) is 0.0909. The van der Waals surface area contributed by atoms with E-state index in [4.69, 9.17) is 0 Å². The highest BCUT2D eigenvalue weighted by molar-refractivity contribution is 7.15. The number of nitrogens with one attached hydrogen (secondary N) is 2. The van der Waals surface area contributed by atoms with Crippen LogP contribution in [0, 0.1) is 6.92 Å². The van der Waals surface area contributed by atoms with Crippen molar-refractivity contribution >= 4 is 33.9 Å². The molecule has 0 spiro atoms. The van der Waals surface area contributed by atoms with Crippen LogP contribution in [-0.4, -0.2) is 15.9 Å². The number of hydrogen-bond acceptors (Lipinski definition) is 3. The molecule has 3 heterocycles. The fourth-order valence-electron chi connectivity index (χ4n) is 1.72. The van der Waals surface area contributed by atoms with Gasteiger partial charge in [-0.15, -0.1) is 11.3 Å². The lowest BCUT2D eigenvalue weighted by Crippen LogP contribution is -2.03. The molecule has 0 unspecified atom stereocenters. The van der Waals surface area contributed by atoms with E-state index in [1.54, 1.807) is 6.33 Å². The van der Waals surface area contributed by atoms with Gasteiger partial charge in [-0.3, -0.25) is 4.79 Å². The number of anilines is 1. The van der Waals surface area contributed by atoms with E-state index in [1.165, 1.54) is 11.3 Å². The zero-order valence-electron chi connectivity index (χ0n) is 8.57. The van der Waals surface area contributed by atoms with Crippen LogP contribution in [0.1, 0.15) is 17.0 Å². The van der Waals surface area contributed by atoms with Crippen LogP contribution in [0.2, 0.25) is 0 Å². The SMILES string of the molecule is Cc1nc[nH]c1/C=C1\C(=O)Nc2sccc21. The highest BCUT2D eigenvalue weighted by Crippen LogP contribution is 2.37. The number of aryl methyl sites for hydroxylation is 1. The van der Waals surface area contributed by atoms with Crippen LogP contribution in [0.25, 0.3) is 11.6 Å².